The van der Waals surface area contributed by atoms with Gasteiger partial charge in [-0.2, -0.15) is 0 Å². The van der Waals surface area contributed by atoms with Gasteiger partial charge in [-0.05, 0) is 30.9 Å². The van der Waals surface area contributed by atoms with Gasteiger partial charge in [-0.3, -0.25) is 19.2 Å². The van der Waals surface area contributed by atoms with Crippen molar-refractivity contribution in [2.24, 2.45) is 5.73 Å². The number of para-hydroxylation sites is 1. The molecule has 0 spiro atoms. The number of carboxylic acids is 1. The van der Waals surface area contributed by atoms with E-state index in [1.807, 2.05) is 29.6 Å². The number of carboxylic acid groups (broad SMARTS) is 1. The highest BCUT2D eigenvalue weighted by Crippen LogP contribution is 2.21. The van der Waals surface area contributed by atoms with Crippen molar-refractivity contribution in [3.05, 3.63) is 54.2 Å². The second-order valence-corrected chi connectivity index (χ2v) is 10.5. The standard InChI is InChI=1S/C28H36N8O8/c29-18(8-15-10-31-19-5-2-1-4-17(15)19)24(39)33-20(9-16-11-30-14-32-16)27(42)36-7-3-6-23(36)26(41)34-21(12-37)25(40)35-22(13-38)28(43)44/h1-2,4-5,10-11,14,18,20-23,31,37-38H,3,6-9,12-13,29H2,(H,30,32)(H,33,39)(H,34,41)(H,35,40)(H,43,44)/t18-,20-,21-,22-,23-/m0/s1. The van der Waals surface area contributed by atoms with E-state index >= 15 is 0 Å². The number of likely N-dealkylation sites (tertiary alicyclic amines) is 1. The number of rotatable bonds is 14. The van der Waals surface area contributed by atoms with Crippen molar-refractivity contribution < 1.29 is 39.3 Å². The first-order chi connectivity index (χ1) is 21.1. The number of H-pyrrole nitrogens is 2. The number of aliphatic hydroxyl groups is 2. The van der Waals surface area contributed by atoms with Crippen LogP contribution in [0.3, 0.4) is 0 Å². The van der Waals surface area contributed by atoms with Crippen LogP contribution >= 0.6 is 0 Å². The Morgan fingerprint density at radius 2 is 1.70 bits per heavy atom. The molecule has 5 atom stereocenters. The lowest BCUT2D eigenvalue weighted by molar-refractivity contribution is -0.144. The van der Waals surface area contributed by atoms with Crippen LogP contribution in [0.5, 0.6) is 0 Å². The van der Waals surface area contributed by atoms with Crippen LogP contribution in [0.4, 0.5) is 0 Å². The Bertz CT molecular complexity index is 1480. The van der Waals surface area contributed by atoms with Gasteiger partial charge in [0, 0.05) is 42.0 Å². The number of hydrogen-bond acceptors (Lipinski definition) is 9. The first kappa shape index (κ1) is 32.1. The van der Waals surface area contributed by atoms with Gasteiger partial charge >= 0.3 is 5.97 Å². The molecule has 16 nitrogen and oxygen atoms in total. The summed E-state index contributed by atoms with van der Waals surface area (Å²) in [5, 5.41) is 35.9. The molecule has 10 N–H and O–H groups in total. The SMILES string of the molecule is N[C@@H](Cc1c[nH]c2ccccc12)C(=O)N[C@@H](Cc1cnc[nH]1)C(=O)N1CCC[C@H]1C(=O)N[C@@H](CO)C(=O)N[C@@H](CO)C(=O)O. The molecule has 0 bridgehead atoms. The number of nitrogens with two attached hydrogens (primary N) is 1. The van der Waals surface area contributed by atoms with Gasteiger partial charge in [0.2, 0.25) is 23.6 Å². The first-order valence-corrected chi connectivity index (χ1v) is 14.1. The molecule has 1 aliphatic rings. The zero-order chi connectivity index (χ0) is 31.8. The second kappa shape index (κ2) is 14.6. The molecule has 3 heterocycles. The van der Waals surface area contributed by atoms with E-state index in [4.69, 9.17) is 15.9 Å². The number of amides is 4. The van der Waals surface area contributed by atoms with Crippen molar-refractivity contribution >= 4 is 40.5 Å². The van der Waals surface area contributed by atoms with Gasteiger partial charge in [0.15, 0.2) is 0 Å². The van der Waals surface area contributed by atoms with Gasteiger partial charge < -0.3 is 51.9 Å². The quantitative estimate of drug-likeness (QED) is 0.0926. The lowest BCUT2D eigenvalue weighted by Gasteiger charge is -2.30. The number of benzene rings is 1. The summed E-state index contributed by atoms with van der Waals surface area (Å²) in [6.45, 7) is -1.56. The van der Waals surface area contributed by atoms with E-state index in [1.54, 1.807) is 6.20 Å². The lowest BCUT2D eigenvalue weighted by atomic mass is 10.0. The number of carbonyl (C=O) groups excluding carboxylic acids is 4. The molecule has 4 amide bonds. The summed E-state index contributed by atoms with van der Waals surface area (Å²) in [6.07, 6.45) is 5.66. The molecule has 0 saturated carbocycles. The molecule has 1 aromatic carbocycles. The highest BCUT2D eigenvalue weighted by molar-refractivity contribution is 5.96. The number of carbonyl (C=O) groups is 5. The predicted octanol–water partition coefficient (Wildman–Crippen LogP) is -2.48. The van der Waals surface area contributed by atoms with Crippen LogP contribution in [-0.4, -0.2) is 115 Å². The van der Waals surface area contributed by atoms with Crippen molar-refractivity contribution in [3.63, 3.8) is 0 Å². The summed E-state index contributed by atoms with van der Waals surface area (Å²) in [5.41, 5.74) is 8.56. The minimum Gasteiger partial charge on any atom is -0.480 e. The number of aromatic amines is 2. The zero-order valence-electron chi connectivity index (χ0n) is 23.7. The Morgan fingerprint density at radius 3 is 2.39 bits per heavy atom. The normalized spacial score (nSPS) is 17.4. The van der Waals surface area contributed by atoms with Crippen LogP contribution in [0, 0.1) is 0 Å². The summed E-state index contributed by atoms with van der Waals surface area (Å²) in [5.74, 6) is -4.39. The van der Waals surface area contributed by atoms with Gasteiger partial charge in [-0.25, -0.2) is 9.78 Å². The number of aliphatic hydroxyl groups excluding tert-OH is 2. The third-order valence-corrected chi connectivity index (χ3v) is 7.50. The molecule has 1 saturated heterocycles. The molecule has 1 fully saturated rings. The van der Waals surface area contributed by atoms with Crippen LogP contribution < -0.4 is 21.7 Å². The van der Waals surface area contributed by atoms with Gasteiger partial charge in [-0.15, -0.1) is 0 Å². The van der Waals surface area contributed by atoms with Gasteiger partial charge in [0.1, 0.15) is 24.2 Å². The smallest absolute Gasteiger partial charge is 0.328 e. The molecule has 0 radical (unpaired) electrons. The molecular weight excluding hydrogens is 576 g/mol. The van der Waals surface area contributed by atoms with E-state index in [0.29, 0.717) is 12.1 Å². The number of nitrogens with zero attached hydrogens (tertiary/aromatic N) is 2. The van der Waals surface area contributed by atoms with Crippen molar-refractivity contribution in [3.8, 4) is 0 Å². The summed E-state index contributed by atoms with van der Waals surface area (Å²) in [4.78, 5) is 75.1. The number of imidazole rings is 1. The first-order valence-electron chi connectivity index (χ1n) is 14.1. The summed E-state index contributed by atoms with van der Waals surface area (Å²) in [7, 11) is 0. The van der Waals surface area contributed by atoms with Crippen LogP contribution in [0.25, 0.3) is 10.9 Å². The van der Waals surface area contributed by atoms with E-state index in [2.05, 4.69) is 25.6 Å². The molecular formula is C28H36N8O8. The Labute approximate surface area is 251 Å². The molecule has 4 rings (SSSR count). The second-order valence-electron chi connectivity index (χ2n) is 10.5. The van der Waals surface area contributed by atoms with E-state index in [-0.39, 0.29) is 25.8 Å². The third kappa shape index (κ3) is 7.58. The minimum atomic E-state index is -1.63. The summed E-state index contributed by atoms with van der Waals surface area (Å²) >= 11 is 0. The maximum absolute atomic E-state index is 13.8. The minimum absolute atomic E-state index is 0.0363. The Hall–Kier alpha value is -4.80. The Balaban J connectivity index is 1.45. The topological polar surface area (TPSA) is 256 Å². The van der Waals surface area contributed by atoms with E-state index in [0.717, 1.165) is 16.5 Å². The van der Waals surface area contributed by atoms with Crippen molar-refractivity contribution in [1.82, 2.24) is 35.8 Å². The van der Waals surface area contributed by atoms with Gasteiger partial charge in [-0.1, -0.05) is 18.2 Å². The number of fused-ring (bicyclic) bond motifs is 1. The Kier molecular flexibility index (Phi) is 10.6. The van der Waals surface area contributed by atoms with E-state index in [1.165, 1.54) is 17.4 Å². The molecule has 2 aromatic heterocycles. The molecule has 16 heteroatoms. The fraction of sp³-hybridized carbons (Fsp3) is 0.429. The molecule has 1 aliphatic heterocycles. The van der Waals surface area contributed by atoms with Crippen molar-refractivity contribution in [1.29, 1.82) is 0 Å². The van der Waals surface area contributed by atoms with Crippen LogP contribution in [-0.2, 0) is 36.8 Å². The average molecular weight is 613 g/mol. The number of hydrogen-bond donors (Lipinski definition) is 9. The average Bonchev–Trinajstić information content (AvgIpc) is 3.79. The fourth-order valence-corrected chi connectivity index (χ4v) is 5.15. The van der Waals surface area contributed by atoms with Gasteiger partial charge in [0.05, 0.1) is 25.6 Å². The number of nitrogens with one attached hydrogen (secondary N) is 5. The molecule has 3 aromatic rings. The largest absolute Gasteiger partial charge is 0.480 e. The fourth-order valence-electron chi connectivity index (χ4n) is 5.15. The zero-order valence-corrected chi connectivity index (χ0v) is 23.7. The monoisotopic (exact) mass is 612 g/mol. The molecule has 0 unspecified atom stereocenters. The third-order valence-electron chi connectivity index (χ3n) is 7.50. The maximum atomic E-state index is 13.8. The van der Waals surface area contributed by atoms with Crippen LogP contribution in [0.2, 0.25) is 0 Å². The predicted molar refractivity (Wildman–Crippen MR) is 155 cm³/mol. The van der Waals surface area contributed by atoms with Crippen molar-refractivity contribution in [2.45, 2.75) is 55.9 Å². The molecule has 44 heavy (non-hydrogen) atoms. The number of aliphatic carboxylic acids is 1. The summed E-state index contributed by atoms with van der Waals surface area (Å²) < 4.78 is 0. The molecule has 236 valence electrons. The summed E-state index contributed by atoms with van der Waals surface area (Å²) in [6, 6.07) is 1.30. The maximum Gasteiger partial charge on any atom is 0.328 e. The highest BCUT2D eigenvalue weighted by atomic mass is 16.4. The highest BCUT2D eigenvalue weighted by Gasteiger charge is 2.39. The number of aromatic nitrogens is 3. The van der Waals surface area contributed by atoms with Crippen LogP contribution in [0.1, 0.15) is 24.1 Å². The van der Waals surface area contributed by atoms with E-state index < -0.39 is 73.0 Å². The lowest BCUT2D eigenvalue weighted by Crippen LogP contribution is -2.59. The van der Waals surface area contributed by atoms with Gasteiger partial charge in [0.25, 0.3) is 0 Å². The van der Waals surface area contributed by atoms with Crippen LogP contribution in [0.15, 0.2) is 43.0 Å². The Morgan fingerprint density at radius 1 is 0.977 bits per heavy atom. The van der Waals surface area contributed by atoms with Crippen molar-refractivity contribution in [2.75, 3.05) is 19.8 Å². The van der Waals surface area contributed by atoms with E-state index in [9.17, 15) is 29.1 Å². The molecule has 0 aliphatic carbocycles.